The highest BCUT2D eigenvalue weighted by Gasteiger charge is 2.47. The van der Waals surface area contributed by atoms with Gasteiger partial charge in [0.05, 0.1) is 6.54 Å². The monoisotopic (exact) mass is 179 g/mol. The maximum absolute atomic E-state index is 10.3. The van der Waals surface area contributed by atoms with E-state index < -0.39 is 0 Å². The first-order chi connectivity index (χ1) is 6.36. The van der Waals surface area contributed by atoms with Gasteiger partial charge in [-0.1, -0.05) is 5.18 Å². The Morgan fingerprint density at radius 1 is 0.923 bits per heavy atom. The molecule has 0 saturated heterocycles. The average molecular weight is 179 g/mol. The van der Waals surface area contributed by atoms with Crippen molar-refractivity contribution in [1.29, 1.82) is 0 Å². The minimum Gasteiger partial charge on any atom is -0.151 e. The summed E-state index contributed by atoms with van der Waals surface area (Å²) in [4.78, 5) is 10.3. The highest BCUT2D eigenvalue weighted by molar-refractivity contribution is 4.98. The molecule has 0 atom stereocenters. The van der Waals surface area contributed by atoms with Crippen molar-refractivity contribution in [1.82, 2.24) is 0 Å². The summed E-state index contributed by atoms with van der Waals surface area (Å²) in [6.45, 7) is 0.606. The summed E-state index contributed by atoms with van der Waals surface area (Å²) in [6.07, 6.45) is 7.13. The number of hydrogen-bond donors (Lipinski definition) is 0. The van der Waals surface area contributed by atoms with Gasteiger partial charge in [0.25, 0.3) is 0 Å². The normalized spacial score (nSPS) is 52.5. The second-order valence-corrected chi connectivity index (χ2v) is 5.41. The molecule has 0 aromatic heterocycles. The maximum Gasteiger partial charge on any atom is 0.0844 e. The second kappa shape index (κ2) is 2.79. The molecule has 4 aliphatic carbocycles. The van der Waals surface area contributed by atoms with Gasteiger partial charge in [0.2, 0.25) is 0 Å². The number of nitrogens with zero attached hydrogens (tertiary/aromatic N) is 1. The molecule has 0 radical (unpaired) electrons. The molecule has 2 nitrogen and oxygen atoms in total. The fourth-order valence-corrected chi connectivity index (χ4v) is 4.42. The van der Waals surface area contributed by atoms with Gasteiger partial charge in [-0.15, -0.1) is 0 Å². The second-order valence-electron chi connectivity index (χ2n) is 5.41. The van der Waals surface area contributed by atoms with E-state index in [2.05, 4.69) is 5.18 Å². The van der Waals surface area contributed by atoms with Crippen molar-refractivity contribution in [2.24, 2.45) is 34.8 Å². The standard InChI is InChI=1S/C11H17NO/c13-12-6-11-9-2-7-1-8(4-9)5-10(11)3-7/h7-11H,1-6H2. The van der Waals surface area contributed by atoms with E-state index in [9.17, 15) is 4.91 Å². The van der Waals surface area contributed by atoms with Crippen molar-refractivity contribution >= 4 is 0 Å². The quantitative estimate of drug-likeness (QED) is 0.599. The van der Waals surface area contributed by atoms with E-state index in [4.69, 9.17) is 0 Å². The van der Waals surface area contributed by atoms with Crippen LogP contribution in [0.1, 0.15) is 32.1 Å². The Bertz CT molecular complexity index is 198. The first-order valence-electron chi connectivity index (χ1n) is 5.66. The summed E-state index contributed by atoms with van der Waals surface area (Å²) in [6, 6.07) is 0. The lowest BCUT2D eigenvalue weighted by atomic mass is 9.52. The first kappa shape index (κ1) is 7.95. The van der Waals surface area contributed by atoms with Crippen molar-refractivity contribution in [3.63, 3.8) is 0 Å². The van der Waals surface area contributed by atoms with E-state index >= 15 is 0 Å². The van der Waals surface area contributed by atoms with Crippen molar-refractivity contribution in [3.05, 3.63) is 4.91 Å². The molecule has 4 saturated carbocycles. The molecule has 0 aromatic carbocycles. The summed E-state index contributed by atoms with van der Waals surface area (Å²) >= 11 is 0. The van der Waals surface area contributed by atoms with Crippen molar-refractivity contribution in [2.75, 3.05) is 6.54 Å². The van der Waals surface area contributed by atoms with Gasteiger partial charge in [0, 0.05) is 0 Å². The molecule has 4 rings (SSSR count). The Morgan fingerprint density at radius 2 is 1.46 bits per heavy atom. The molecule has 0 unspecified atom stereocenters. The highest BCUT2D eigenvalue weighted by Crippen LogP contribution is 2.56. The zero-order valence-corrected chi connectivity index (χ0v) is 7.98. The van der Waals surface area contributed by atoms with Crippen LogP contribution in [-0.4, -0.2) is 6.54 Å². The zero-order chi connectivity index (χ0) is 8.84. The fourth-order valence-electron chi connectivity index (χ4n) is 4.42. The lowest BCUT2D eigenvalue weighted by Gasteiger charge is -2.53. The van der Waals surface area contributed by atoms with Crippen LogP contribution in [0.15, 0.2) is 5.18 Å². The van der Waals surface area contributed by atoms with Crippen molar-refractivity contribution < 1.29 is 0 Å². The van der Waals surface area contributed by atoms with Gasteiger partial charge in [-0.2, -0.15) is 4.91 Å². The van der Waals surface area contributed by atoms with Gasteiger partial charge >= 0.3 is 0 Å². The predicted octanol–water partition coefficient (Wildman–Crippen LogP) is 2.83. The minimum atomic E-state index is 0.606. The predicted molar refractivity (Wildman–Crippen MR) is 51.2 cm³/mol. The molecule has 0 spiro atoms. The van der Waals surface area contributed by atoms with Crippen LogP contribution < -0.4 is 0 Å². The molecule has 2 heteroatoms. The lowest BCUT2D eigenvalue weighted by molar-refractivity contribution is -0.0321. The van der Waals surface area contributed by atoms with Gasteiger partial charge in [-0.05, 0) is 61.7 Å². The van der Waals surface area contributed by atoms with E-state index in [0.29, 0.717) is 12.5 Å². The molecule has 0 aromatic rings. The zero-order valence-electron chi connectivity index (χ0n) is 7.98. The number of nitroso groups, excluding NO2 is 1. The summed E-state index contributed by atoms with van der Waals surface area (Å²) < 4.78 is 0. The molecule has 4 fully saturated rings. The van der Waals surface area contributed by atoms with Crippen LogP contribution in [0.3, 0.4) is 0 Å². The molecule has 4 bridgehead atoms. The largest absolute Gasteiger partial charge is 0.151 e. The fraction of sp³-hybridized carbons (Fsp3) is 1.00. The summed E-state index contributed by atoms with van der Waals surface area (Å²) in [5, 5.41) is 3.13. The van der Waals surface area contributed by atoms with Crippen LogP contribution in [0.4, 0.5) is 0 Å². The SMILES string of the molecule is O=NCC1C2CC3CC(C2)CC1C3. The summed E-state index contributed by atoms with van der Waals surface area (Å²) in [5.74, 6) is 4.45. The lowest BCUT2D eigenvalue weighted by Crippen LogP contribution is -2.46. The minimum absolute atomic E-state index is 0.606. The van der Waals surface area contributed by atoms with Gasteiger partial charge in [-0.3, -0.25) is 0 Å². The molecule has 0 amide bonds. The third-order valence-electron chi connectivity index (χ3n) is 4.71. The smallest absolute Gasteiger partial charge is 0.0844 e. The van der Waals surface area contributed by atoms with Gasteiger partial charge < -0.3 is 0 Å². The number of rotatable bonds is 2. The van der Waals surface area contributed by atoms with E-state index in [1.807, 2.05) is 0 Å². The molecule has 0 aliphatic heterocycles. The van der Waals surface area contributed by atoms with Crippen LogP contribution in [0, 0.1) is 34.5 Å². The topological polar surface area (TPSA) is 29.4 Å². The molecule has 0 N–H and O–H groups in total. The number of hydrogen-bond acceptors (Lipinski definition) is 2. The van der Waals surface area contributed by atoms with Gasteiger partial charge in [0.1, 0.15) is 0 Å². The van der Waals surface area contributed by atoms with Gasteiger partial charge in [0.15, 0.2) is 0 Å². The van der Waals surface area contributed by atoms with Crippen LogP contribution >= 0.6 is 0 Å². The molecular weight excluding hydrogens is 162 g/mol. The molecule has 4 aliphatic rings. The molecule has 0 heterocycles. The van der Waals surface area contributed by atoms with Crippen molar-refractivity contribution in [3.8, 4) is 0 Å². The van der Waals surface area contributed by atoms with Crippen LogP contribution in [0.2, 0.25) is 0 Å². The van der Waals surface area contributed by atoms with Crippen LogP contribution in [0.25, 0.3) is 0 Å². The van der Waals surface area contributed by atoms with E-state index in [0.717, 1.165) is 23.7 Å². The summed E-state index contributed by atoms with van der Waals surface area (Å²) in [7, 11) is 0. The Labute approximate surface area is 79.1 Å². The first-order valence-corrected chi connectivity index (χ1v) is 5.66. The van der Waals surface area contributed by atoms with E-state index in [-0.39, 0.29) is 0 Å². The van der Waals surface area contributed by atoms with Crippen molar-refractivity contribution in [2.45, 2.75) is 32.1 Å². The van der Waals surface area contributed by atoms with Crippen LogP contribution in [-0.2, 0) is 0 Å². The molecule has 72 valence electrons. The van der Waals surface area contributed by atoms with Gasteiger partial charge in [-0.25, -0.2) is 0 Å². The molecular formula is C11H17NO. The summed E-state index contributed by atoms with van der Waals surface area (Å²) in [5.41, 5.74) is 0. The molecule has 13 heavy (non-hydrogen) atoms. The van der Waals surface area contributed by atoms with E-state index in [1.54, 1.807) is 0 Å². The third-order valence-corrected chi connectivity index (χ3v) is 4.71. The Kier molecular flexibility index (Phi) is 1.71. The maximum atomic E-state index is 10.3. The Balaban J connectivity index is 1.81. The highest BCUT2D eigenvalue weighted by atomic mass is 16.3. The Hall–Kier alpha value is -0.400. The van der Waals surface area contributed by atoms with E-state index in [1.165, 1.54) is 32.1 Å². The third kappa shape index (κ3) is 1.14. The average Bonchev–Trinajstić information content (AvgIpc) is 2.10. The Morgan fingerprint density at radius 3 is 1.92 bits per heavy atom. The van der Waals surface area contributed by atoms with Crippen LogP contribution in [0.5, 0.6) is 0 Å².